The van der Waals surface area contributed by atoms with Gasteiger partial charge in [-0.2, -0.15) is 8.61 Å². The summed E-state index contributed by atoms with van der Waals surface area (Å²) in [5.74, 6) is -0.713. The van der Waals surface area contributed by atoms with Crippen molar-refractivity contribution in [3.8, 4) is 0 Å². The molecule has 2 aliphatic heterocycles. The number of anilines is 2. The summed E-state index contributed by atoms with van der Waals surface area (Å²) in [6.45, 7) is 1.95. The van der Waals surface area contributed by atoms with Gasteiger partial charge in [0.2, 0.25) is 20.0 Å². The number of piperazine rings is 2. The standard InChI is InChI=1S/C30H30F2N4O4S2/c31-25-9-1-3-11-27(25)33-15-19-35(20-16-33)41(37,38)29-13-5-8-24-23(29)7-6-14-30(24)42(39,40)36-21-17-34(18-22-36)28-12-4-2-10-26(28)32/h1-14H,15-22H2. The summed E-state index contributed by atoms with van der Waals surface area (Å²) >= 11 is 0. The molecule has 4 aromatic carbocycles. The van der Waals surface area contributed by atoms with Gasteiger partial charge in [0.1, 0.15) is 11.6 Å². The summed E-state index contributed by atoms with van der Waals surface area (Å²) in [7, 11) is -7.94. The average Bonchev–Trinajstić information content (AvgIpc) is 3.01. The summed E-state index contributed by atoms with van der Waals surface area (Å²) in [4.78, 5) is 3.70. The van der Waals surface area contributed by atoms with Gasteiger partial charge in [0.15, 0.2) is 0 Å². The number of para-hydroxylation sites is 2. The lowest BCUT2D eigenvalue weighted by Crippen LogP contribution is -2.49. The summed E-state index contributed by atoms with van der Waals surface area (Å²) in [5, 5.41) is 0.639. The minimum absolute atomic E-state index is 0.0285. The highest BCUT2D eigenvalue weighted by molar-refractivity contribution is 7.89. The second kappa shape index (κ2) is 11.3. The molecule has 2 aliphatic rings. The van der Waals surface area contributed by atoms with E-state index in [9.17, 15) is 25.6 Å². The SMILES string of the molecule is O=S(=O)(c1cccc2c(S(=O)(=O)N3CCN(c4ccccc4F)CC3)cccc12)N1CCN(c2ccccc2F)CC1. The van der Waals surface area contributed by atoms with Crippen molar-refractivity contribution < 1.29 is 25.6 Å². The van der Waals surface area contributed by atoms with E-state index in [0.717, 1.165) is 0 Å². The number of fused-ring (bicyclic) bond motifs is 1. The minimum Gasteiger partial charge on any atom is -0.367 e. The van der Waals surface area contributed by atoms with Crippen LogP contribution in [0.5, 0.6) is 0 Å². The predicted octanol–water partition coefficient (Wildman–Crippen LogP) is 4.14. The molecule has 6 rings (SSSR count). The maximum atomic E-state index is 14.3. The van der Waals surface area contributed by atoms with Crippen molar-refractivity contribution in [1.29, 1.82) is 0 Å². The van der Waals surface area contributed by atoms with Gasteiger partial charge in [-0.3, -0.25) is 0 Å². The Bertz CT molecular complexity index is 1700. The monoisotopic (exact) mass is 612 g/mol. The van der Waals surface area contributed by atoms with Crippen LogP contribution >= 0.6 is 0 Å². The lowest BCUT2D eigenvalue weighted by molar-refractivity contribution is 0.383. The van der Waals surface area contributed by atoms with Gasteiger partial charge in [-0.05, 0) is 36.4 Å². The summed E-state index contributed by atoms with van der Waals surface area (Å²) in [6.07, 6.45) is 0. The van der Waals surface area contributed by atoms with Gasteiger partial charge >= 0.3 is 0 Å². The van der Waals surface area contributed by atoms with Crippen LogP contribution in [0.15, 0.2) is 94.7 Å². The molecule has 0 spiro atoms. The molecule has 0 radical (unpaired) electrons. The third-order valence-electron chi connectivity index (χ3n) is 7.94. The zero-order valence-corrected chi connectivity index (χ0v) is 24.4. The predicted molar refractivity (Wildman–Crippen MR) is 159 cm³/mol. The molecule has 220 valence electrons. The van der Waals surface area contributed by atoms with Crippen LogP contribution < -0.4 is 9.80 Å². The van der Waals surface area contributed by atoms with Crippen LogP contribution in [-0.4, -0.2) is 77.8 Å². The largest absolute Gasteiger partial charge is 0.367 e. The highest BCUT2D eigenvalue weighted by atomic mass is 32.2. The van der Waals surface area contributed by atoms with E-state index in [1.54, 1.807) is 60.7 Å². The van der Waals surface area contributed by atoms with Crippen LogP contribution in [-0.2, 0) is 20.0 Å². The van der Waals surface area contributed by atoms with E-state index in [0.29, 0.717) is 48.3 Å². The van der Waals surface area contributed by atoms with E-state index in [1.165, 1.54) is 32.9 Å². The molecule has 0 aliphatic carbocycles. The summed E-state index contributed by atoms with van der Waals surface area (Å²) < 4.78 is 86.5. The molecule has 0 atom stereocenters. The molecule has 42 heavy (non-hydrogen) atoms. The molecule has 8 nitrogen and oxygen atoms in total. The first-order valence-electron chi connectivity index (χ1n) is 13.7. The Hall–Kier alpha value is -3.58. The number of nitrogens with zero attached hydrogens (tertiary/aromatic N) is 4. The van der Waals surface area contributed by atoms with Crippen molar-refractivity contribution in [2.24, 2.45) is 0 Å². The molecule has 2 saturated heterocycles. The zero-order chi connectivity index (χ0) is 29.5. The number of rotatable bonds is 6. The van der Waals surface area contributed by atoms with E-state index >= 15 is 0 Å². The van der Waals surface area contributed by atoms with Gasteiger partial charge < -0.3 is 9.80 Å². The van der Waals surface area contributed by atoms with Crippen LogP contribution in [0.1, 0.15) is 0 Å². The van der Waals surface area contributed by atoms with E-state index in [2.05, 4.69) is 0 Å². The van der Waals surface area contributed by atoms with Gasteiger partial charge in [-0.15, -0.1) is 0 Å². The van der Waals surface area contributed by atoms with Gasteiger partial charge in [0.25, 0.3) is 0 Å². The molecule has 2 fully saturated rings. The highest BCUT2D eigenvalue weighted by Crippen LogP contribution is 2.33. The summed E-state index contributed by atoms with van der Waals surface area (Å²) in [6, 6.07) is 22.1. The summed E-state index contributed by atoms with van der Waals surface area (Å²) in [5.41, 5.74) is 0.869. The van der Waals surface area contributed by atoms with E-state index in [1.807, 2.05) is 9.80 Å². The van der Waals surface area contributed by atoms with Crippen molar-refractivity contribution in [2.45, 2.75) is 9.79 Å². The maximum Gasteiger partial charge on any atom is 0.243 e. The molecule has 0 N–H and O–H groups in total. The number of benzene rings is 4. The second-order valence-corrected chi connectivity index (χ2v) is 14.1. The quantitative estimate of drug-likeness (QED) is 0.326. The Labute approximate surface area is 244 Å². The molecule has 0 saturated carbocycles. The maximum absolute atomic E-state index is 14.3. The van der Waals surface area contributed by atoms with Crippen LogP contribution in [0.2, 0.25) is 0 Å². The van der Waals surface area contributed by atoms with Crippen LogP contribution in [0.3, 0.4) is 0 Å². The molecule has 4 aromatic rings. The fourth-order valence-electron chi connectivity index (χ4n) is 5.74. The lowest BCUT2D eigenvalue weighted by Gasteiger charge is -2.36. The van der Waals surface area contributed by atoms with Crippen LogP contribution in [0.4, 0.5) is 20.2 Å². The fourth-order valence-corrected chi connectivity index (χ4v) is 8.99. The Morgan fingerprint density at radius 1 is 0.452 bits per heavy atom. The van der Waals surface area contributed by atoms with Crippen LogP contribution in [0, 0.1) is 11.6 Å². The molecule has 0 bridgehead atoms. The number of sulfonamides is 2. The molecule has 0 unspecified atom stereocenters. The number of hydrogen-bond donors (Lipinski definition) is 0. The Kier molecular flexibility index (Phi) is 7.64. The molecule has 0 aromatic heterocycles. The number of halogens is 2. The Morgan fingerprint density at radius 2 is 0.810 bits per heavy atom. The van der Waals surface area contributed by atoms with Gasteiger partial charge in [-0.1, -0.05) is 48.5 Å². The smallest absolute Gasteiger partial charge is 0.243 e. The lowest BCUT2D eigenvalue weighted by atomic mass is 10.1. The fraction of sp³-hybridized carbons (Fsp3) is 0.267. The molecular weight excluding hydrogens is 582 g/mol. The van der Waals surface area contributed by atoms with Crippen molar-refractivity contribution >= 4 is 42.2 Å². The highest BCUT2D eigenvalue weighted by Gasteiger charge is 2.33. The first-order chi connectivity index (χ1) is 20.2. The Morgan fingerprint density at radius 3 is 1.17 bits per heavy atom. The molecule has 2 heterocycles. The minimum atomic E-state index is -3.97. The van der Waals surface area contributed by atoms with Gasteiger partial charge in [0.05, 0.1) is 21.2 Å². The van der Waals surface area contributed by atoms with E-state index in [4.69, 9.17) is 0 Å². The Balaban J connectivity index is 1.24. The van der Waals surface area contributed by atoms with Crippen LogP contribution in [0.25, 0.3) is 10.8 Å². The normalized spacial score (nSPS) is 17.6. The van der Waals surface area contributed by atoms with E-state index < -0.39 is 20.0 Å². The van der Waals surface area contributed by atoms with Crippen molar-refractivity contribution in [3.05, 3.63) is 96.6 Å². The van der Waals surface area contributed by atoms with E-state index in [-0.39, 0.29) is 47.6 Å². The van der Waals surface area contributed by atoms with Crippen molar-refractivity contribution in [2.75, 3.05) is 62.2 Å². The molecule has 0 amide bonds. The second-order valence-electron chi connectivity index (χ2n) is 10.3. The zero-order valence-electron chi connectivity index (χ0n) is 22.7. The molecule has 12 heteroatoms. The first-order valence-corrected chi connectivity index (χ1v) is 16.6. The number of hydrogen-bond acceptors (Lipinski definition) is 6. The third kappa shape index (κ3) is 5.13. The van der Waals surface area contributed by atoms with Gasteiger partial charge in [0, 0.05) is 63.1 Å². The van der Waals surface area contributed by atoms with Crippen molar-refractivity contribution in [1.82, 2.24) is 8.61 Å². The topological polar surface area (TPSA) is 81.2 Å². The third-order valence-corrected chi connectivity index (χ3v) is 11.9. The van der Waals surface area contributed by atoms with Crippen molar-refractivity contribution in [3.63, 3.8) is 0 Å². The average molecular weight is 613 g/mol. The van der Waals surface area contributed by atoms with Gasteiger partial charge in [-0.25, -0.2) is 25.6 Å². The molecular formula is C30H30F2N4O4S2. The first kappa shape index (κ1) is 28.5.